The Hall–Kier alpha value is -1.06. The summed E-state index contributed by atoms with van der Waals surface area (Å²) in [5.74, 6) is 0.503. The van der Waals surface area contributed by atoms with Gasteiger partial charge in [-0.2, -0.15) is 0 Å². The Kier molecular flexibility index (Phi) is 2.24. The van der Waals surface area contributed by atoms with Gasteiger partial charge in [-0.25, -0.2) is 4.79 Å². The van der Waals surface area contributed by atoms with E-state index in [0.29, 0.717) is 12.3 Å². The van der Waals surface area contributed by atoms with E-state index in [4.69, 9.17) is 0 Å². The number of urea groups is 1. The molecule has 0 bridgehead atoms. The highest BCUT2D eigenvalue weighted by Crippen LogP contribution is 2.36. The quantitative estimate of drug-likeness (QED) is 0.713. The van der Waals surface area contributed by atoms with Gasteiger partial charge in [0.15, 0.2) is 0 Å². The lowest BCUT2D eigenvalue weighted by molar-refractivity contribution is -0.134. The molecule has 15 heavy (non-hydrogen) atoms. The van der Waals surface area contributed by atoms with Gasteiger partial charge in [-0.3, -0.25) is 9.69 Å². The van der Waals surface area contributed by atoms with Gasteiger partial charge in [0.05, 0.1) is 0 Å². The van der Waals surface area contributed by atoms with E-state index in [9.17, 15) is 9.59 Å². The maximum absolute atomic E-state index is 11.9. The number of imide groups is 1. The lowest BCUT2D eigenvalue weighted by Crippen LogP contribution is -2.61. The minimum absolute atomic E-state index is 0.0387. The van der Waals surface area contributed by atoms with Crippen LogP contribution >= 0.6 is 0 Å². The summed E-state index contributed by atoms with van der Waals surface area (Å²) in [5.41, 5.74) is -0.421. The van der Waals surface area contributed by atoms with E-state index < -0.39 is 5.54 Å². The predicted molar refractivity (Wildman–Crippen MR) is 56.3 cm³/mol. The molecule has 1 aliphatic heterocycles. The minimum Gasteiger partial charge on any atom is -0.334 e. The molecule has 3 amide bonds. The zero-order valence-electron chi connectivity index (χ0n) is 9.54. The van der Waals surface area contributed by atoms with Gasteiger partial charge < -0.3 is 5.32 Å². The average Bonchev–Trinajstić information content (AvgIpc) is 2.80. The molecule has 0 spiro atoms. The molecule has 1 saturated heterocycles. The fraction of sp³-hybridized carbons (Fsp3) is 0.818. The maximum Gasteiger partial charge on any atom is 0.324 e. The van der Waals surface area contributed by atoms with Crippen LogP contribution in [0.5, 0.6) is 0 Å². The zero-order valence-corrected chi connectivity index (χ0v) is 9.54. The highest BCUT2D eigenvalue weighted by molar-refractivity contribution is 5.98. The van der Waals surface area contributed by atoms with Crippen molar-refractivity contribution in [2.45, 2.75) is 51.6 Å². The van der Waals surface area contributed by atoms with Crippen molar-refractivity contribution in [1.82, 2.24) is 10.2 Å². The van der Waals surface area contributed by atoms with Crippen LogP contribution in [-0.2, 0) is 4.79 Å². The van der Waals surface area contributed by atoms with E-state index in [1.54, 1.807) is 0 Å². The summed E-state index contributed by atoms with van der Waals surface area (Å²) in [5, 5.41) is 2.93. The lowest BCUT2D eigenvalue weighted by Gasteiger charge is -2.39. The van der Waals surface area contributed by atoms with Crippen molar-refractivity contribution in [3.63, 3.8) is 0 Å². The Morgan fingerprint density at radius 2 is 1.87 bits per heavy atom. The molecule has 2 aliphatic rings. The topological polar surface area (TPSA) is 49.4 Å². The smallest absolute Gasteiger partial charge is 0.324 e. The minimum atomic E-state index is -0.421. The van der Waals surface area contributed by atoms with E-state index in [1.165, 1.54) is 4.90 Å². The van der Waals surface area contributed by atoms with Crippen LogP contribution in [0, 0.1) is 5.92 Å². The summed E-state index contributed by atoms with van der Waals surface area (Å²) in [6, 6.07) is -0.140. The molecule has 0 aromatic rings. The molecule has 1 heterocycles. The van der Waals surface area contributed by atoms with E-state index in [2.05, 4.69) is 5.32 Å². The number of nitrogens with zero attached hydrogens (tertiary/aromatic N) is 1. The molecule has 2 fully saturated rings. The third-order valence-corrected chi connectivity index (χ3v) is 3.02. The number of carbonyl (C=O) groups excluding carboxylic acids is 2. The molecule has 4 heteroatoms. The third-order valence-electron chi connectivity index (χ3n) is 3.02. The first-order chi connectivity index (χ1) is 6.89. The van der Waals surface area contributed by atoms with Gasteiger partial charge in [-0.05, 0) is 39.5 Å². The highest BCUT2D eigenvalue weighted by atomic mass is 16.2. The number of hydrogen-bond donors (Lipinski definition) is 1. The first kappa shape index (κ1) is 10.5. The van der Waals surface area contributed by atoms with Crippen molar-refractivity contribution < 1.29 is 9.59 Å². The number of nitrogens with one attached hydrogen (secondary N) is 1. The molecule has 1 unspecified atom stereocenters. The predicted octanol–water partition coefficient (Wildman–Crippen LogP) is 1.51. The van der Waals surface area contributed by atoms with Gasteiger partial charge in [0, 0.05) is 18.0 Å². The average molecular weight is 210 g/mol. The molecule has 1 N–H and O–H groups in total. The molecule has 0 aromatic heterocycles. The third kappa shape index (κ3) is 1.98. The molecule has 0 aromatic carbocycles. The molecule has 2 rings (SSSR count). The monoisotopic (exact) mass is 210 g/mol. The second kappa shape index (κ2) is 3.22. The molecule has 1 saturated carbocycles. The molecular formula is C11H18N2O2. The van der Waals surface area contributed by atoms with Crippen LogP contribution in [0.3, 0.4) is 0 Å². The molecule has 1 aliphatic carbocycles. The maximum atomic E-state index is 11.9. The van der Waals surface area contributed by atoms with Gasteiger partial charge in [-0.15, -0.1) is 0 Å². The van der Waals surface area contributed by atoms with Crippen molar-refractivity contribution in [1.29, 1.82) is 0 Å². The zero-order chi connectivity index (χ0) is 11.2. The number of hydrogen-bond acceptors (Lipinski definition) is 2. The van der Waals surface area contributed by atoms with Gasteiger partial charge in [0.1, 0.15) is 0 Å². The Morgan fingerprint density at radius 1 is 1.27 bits per heavy atom. The van der Waals surface area contributed by atoms with Crippen LogP contribution in [0.15, 0.2) is 0 Å². The fourth-order valence-corrected chi connectivity index (χ4v) is 2.13. The Bertz CT molecular complexity index is 284. The second-order valence-corrected chi connectivity index (χ2v) is 5.50. The standard InChI is InChI=1S/C11H18N2O2/c1-11(2,3)13-9(14)6-8(7-4-5-7)12-10(13)15/h7-8H,4-6H2,1-3H3,(H,12,15). The molecule has 0 radical (unpaired) electrons. The van der Waals surface area contributed by atoms with Crippen molar-refractivity contribution >= 4 is 11.9 Å². The SMILES string of the molecule is CC(C)(C)N1C(=O)CC(C2CC2)NC1=O. The van der Waals surface area contributed by atoms with E-state index >= 15 is 0 Å². The van der Waals surface area contributed by atoms with Crippen molar-refractivity contribution in [3.8, 4) is 0 Å². The van der Waals surface area contributed by atoms with Crippen LogP contribution in [0.2, 0.25) is 0 Å². The van der Waals surface area contributed by atoms with Crippen molar-refractivity contribution in [3.05, 3.63) is 0 Å². The van der Waals surface area contributed by atoms with E-state index in [0.717, 1.165) is 12.8 Å². The van der Waals surface area contributed by atoms with Crippen LogP contribution in [-0.4, -0.2) is 28.4 Å². The fourth-order valence-electron chi connectivity index (χ4n) is 2.13. The molecular weight excluding hydrogens is 192 g/mol. The number of amides is 3. The van der Waals surface area contributed by atoms with Crippen molar-refractivity contribution in [2.75, 3.05) is 0 Å². The first-order valence-electron chi connectivity index (χ1n) is 5.53. The molecule has 4 nitrogen and oxygen atoms in total. The Morgan fingerprint density at radius 3 is 2.27 bits per heavy atom. The largest absolute Gasteiger partial charge is 0.334 e. The van der Waals surface area contributed by atoms with E-state index in [-0.39, 0.29) is 18.0 Å². The van der Waals surface area contributed by atoms with Crippen LogP contribution in [0.4, 0.5) is 4.79 Å². The first-order valence-corrected chi connectivity index (χ1v) is 5.53. The summed E-state index contributed by atoms with van der Waals surface area (Å²) < 4.78 is 0. The second-order valence-electron chi connectivity index (χ2n) is 5.50. The van der Waals surface area contributed by atoms with Crippen LogP contribution in [0.25, 0.3) is 0 Å². The summed E-state index contributed by atoms with van der Waals surface area (Å²) >= 11 is 0. The van der Waals surface area contributed by atoms with Crippen LogP contribution < -0.4 is 5.32 Å². The molecule has 84 valence electrons. The van der Waals surface area contributed by atoms with Gasteiger partial charge in [-0.1, -0.05) is 0 Å². The van der Waals surface area contributed by atoms with E-state index in [1.807, 2.05) is 20.8 Å². The number of rotatable bonds is 1. The Labute approximate surface area is 90.0 Å². The highest BCUT2D eigenvalue weighted by Gasteiger charge is 2.43. The van der Waals surface area contributed by atoms with Gasteiger partial charge >= 0.3 is 6.03 Å². The van der Waals surface area contributed by atoms with Gasteiger partial charge in [0.2, 0.25) is 5.91 Å². The van der Waals surface area contributed by atoms with Crippen LogP contribution in [0.1, 0.15) is 40.0 Å². The molecule has 1 atom stereocenters. The lowest BCUT2D eigenvalue weighted by atomic mass is 10.0. The van der Waals surface area contributed by atoms with Crippen molar-refractivity contribution in [2.24, 2.45) is 5.92 Å². The number of carbonyl (C=O) groups is 2. The van der Waals surface area contributed by atoms with Gasteiger partial charge in [0.25, 0.3) is 0 Å². The summed E-state index contributed by atoms with van der Waals surface area (Å²) in [6.07, 6.45) is 2.76. The summed E-state index contributed by atoms with van der Waals surface area (Å²) in [6.45, 7) is 5.63. The normalized spacial score (nSPS) is 27.9. The summed E-state index contributed by atoms with van der Waals surface area (Å²) in [4.78, 5) is 25.0. The summed E-state index contributed by atoms with van der Waals surface area (Å²) in [7, 11) is 0. The Balaban J connectivity index is 2.10.